The second-order valence-electron chi connectivity index (χ2n) is 5.44. The van der Waals surface area contributed by atoms with Crippen LogP contribution in [0.3, 0.4) is 0 Å². The third-order valence-corrected chi connectivity index (χ3v) is 4.82. The van der Waals surface area contributed by atoms with Crippen LogP contribution in [-0.4, -0.2) is 40.9 Å². The normalized spacial score (nSPS) is 19.9. The summed E-state index contributed by atoms with van der Waals surface area (Å²) in [6.07, 6.45) is 3.68. The molecule has 0 aromatic heterocycles. The second kappa shape index (κ2) is 7.70. The minimum Gasteiger partial charge on any atom is -0.481 e. The van der Waals surface area contributed by atoms with Crippen molar-refractivity contribution in [2.24, 2.45) is 0 Å². The lowest BCUT2D eigenvalue weighted by molar-refractivity contribution is -0.138. The van der Waals surface area contributed by atoms with Crippen molar-refractivity contribution < 1.29 is 9.90 Å². The molecule has 1 aliphatic heterocycles. The van der Waals surface area contributed by atoms with Gasteiger partial charge in [-0.25, -0.2) is 0 Å². The fraction of sp³-hybridized carbons (Fsp3) is 0.562. The van der Waals surface area contributed by atoms with E-state index in [2.05, 4.69) is 36.1 Å². The molecule has 0 bridgehead atoms. The molecule has 110 valence electrons. The maximum absolute atomic E-state index is 10.9. The average Bonchev–Trinajstić information content (AvgIpc) is 2.42. The van der Waals surface area contributed by atoms with Crippen molar-refractivity contribution in [1.29, 1.82) is 0 Å². The third kappa shape index (κ3) is 4.84. The molecular formula is C16H23NO2S. The van der Waals surface area contributed by atoms with Gasteiger partial charge in [0.25, 0.3) is 0 Å². The highest BCUT2D eigenvalue weighted by Gasteiger charge is 2.23. The Kier molecular flexibility index (Phi) is 5.92. The van der Waals surface area contributed by atoms with Crippen LogP contribution >= 0.6 is 11.8 Å². The maximum Gasteiger partial charge on any atom is 0.304 e. The van der Waals surface area contributed by atoms with Crippen LogP contribution in [0.5, 0.6) is 0 Å². The molecule has 1 unspecified atom stereocenters. The monoisotopic (exact) mass is 293 g/mol. The Hall–Kier alpha value is -1.00. The van der Waals surface area contributed by atoms with Crippen molar-refractivity contribution in [3.05, 3.63) is 29.8 Å². The molecule has 1 aromatic rings. The molecule has 0 aliphatic carbocycles. The first-order valence-electron chi connectivity index (χ1n) is 7.30. The van der Waals surface area contributed by atoms with E-state index in [4.69, 9.17) is 5.11 Å². The molecule has 1 aromatic carbocycles. The van der Waals surface area contributed by atoms with Crippen LogP contribution in [0.2, 0.25) is 0 Å². The SMILES string of the molecule is Cc1ccc(SCCN2CCCCC2CC(=O)O)cc1. The number of aryl methyl sites for hydroxylation is 1. The van der Waals surface area contributed by atoms with Gasteiger partial charge in [-0.2, -0.15) is 0 Å². The van der Waals surface area contributed by atoms with Gasteiger partial charge in [0, 0.05) is 23.2 Å². The molecule has 0 saturated carbocycles. The number of carbonyl (C=O) groups is 1. The third-order valence-electron chi connectivity index (χ3n) is 3.83. The van der Waals surface area contributed by atoms with Crippen molar-refractivity contribution in [2.75, 3.05) is 18.8 Å². The Labute approximate surface area is 125 Å². The summed E-state index contributed by atoms with van der Waals surface area (Å²) in [7, 11) is 0. The minimum atomic E-state index is -0.673. The minimum absolute atomic E-state index is 0.236. The predicted octanol–water partition coefficient (Wildman–Crippen LogP) is 3.42. The lowest BCUT2D eigenvalue weighted by Crippen LogP contribution is -2.42. The highest BCUT2D eigenvalue weighted by atomic mass is 32.2. The Morgan fingerprint density at radius 2 is 2.10 bits per heavy atom. The molecule has 1 atom stereocenters. The van der Waals surface area contributed by atoms with Crippen LogP contribution in [0.4, 0.5) is 0 Å². The molecule has 1 aliphatic rings. The van der Waals surface area contributed by atoms with Gasteiger partial charge >= 0.3 is 5.97 Å². The Bertz CT molecular complexity index is 433. The fourth-order valence-corrected chi connectivity index (χ4v) is 3.59. The molecule has 1 saturated heterocycles. The van der Waals surface area contributed by atoms with Crippen LogP contribution in [0.25, 0.3) is 0 Å². The number of carboxylic acid groups (broad SMARTS) is 1. The molecule has 3 nitrogen and oxygen atoms in total. The highest BCUT2D eigenvalue weighted by Crippen LogP contribution is 2.22. The van der Waals surface area contributed by atoms with Crippen LogP contribution in [0.15, 0.2) is 29.2 Å². The molecule has 0 amide bonds. The van der Waals surface area contributed by atoms with E-state index in [1.807, 2.05) is 11.8 Å². The zero-order valence-corrected chi connectivity index (χ0v) is 12.9. The van der Waals surface area contributed by atoms with Gasteiger partial charge in [-0.3, -0.25) is 9.69 Å². The van der Waals surface area contributed by atoms with Crippen molar-refractivity contribution >= 4 is 17.7 Å². The lowest BCUT2D eigenvalue weighted by Gasteiger charge is -2.34. The number of piperidine rings is 1. The van der Waals surface area contributed by atoms with E-state index in [1.54, 1.807) is 0 Å². The number of thioether (sulfide) groups is 1. The number of rotatable bonds is 6. The number of aliphatic carboxylic acids is 1. The molecule has 0 spiro atoms. The number of benzene rings is 1. The zero-order valence-electron chi connectivity index (χ0n) is 12.0. The van der Waals surface area contributed by atoms with E-state index in [0.717, 1.165) is 25.3 Å². The summed E-state index contributed by atoms with van der Waals surface area (Å²) in [6.45, 7) is 4.13. The van der Waals surface area contributed by atoms with Crippen molar-refractivity contribution in [3.63, 3.8) is 0 Å². The van der Waals surface area contributed by atoms with Crippen LogP contribution in [0.1, 0.15) is 31.2 Å². The number of hydrogen-bond donors (Lipinski definition) is 1. The van der Waals surface area contributed by atoms with Crippen molar-refractivity contribution in [2.45, 2.75) is 43.5 Å². The molecule has 0 radical (unpaired) electrons. The summed E-state index contributed by atoms with van der Waals surface area (Å²) in [5, 5.41) is 8.98. The predicted molar refractivity (Wildman–Crippen MR) is 83.4 cm³/mol. The van der Waals surface area contributed by atoms with Gasteiger partial charge in [0.15, 0.2) is 0 Å². The molecule has 4 heteroatoms. The largest absolute Gasteiger partial charge is 0.481 e. The van der Waals surface area contributed by atoms with Crippen molar-refractivity contribution in [3.8, 4) is 0 Å². The van der Waals surface area contributed by atoms with Gasteiger partial charge in [0.2, 0.25) is 0 Å². The van der Waals surface area contributed by atoms with E-state index < -0.39 is 5.97 Å². The zero-order chi connectivity index (χ0) is 14.4. The highest BCUT2D eigenvalue weighted by molar-refractivity contribution is 7.99. The van der Waals surface area contributed by atoms with Gasteiger partial charge < -0.3 is 5.11 Å². The Morgan fingerprint density at radius 3 is 2.80 bits per heavy atom. The van der Waals surface area contributed by atoms with Gasteiger partial charge in [0.05, 0.1) is 6.42 Å². The summed E-state index contributed by atoms with van der Waals surface area (Å²) >= 11 is 1.85. The van der Waals surface area contributed by atoms with Crippen LogP contribution in [-0.2, 0) is 4.79 Å². The van der Waals surface area contributed by atoms with Gasteiger partial charge in [-0.15, -0.1) is 11.8 Å². The second-order valence-corrected chi connectivity index (χ2v) is 6.61. The average molecular weight is 293 g/mol. The Morgan fingerprint density at radius 1 is 1.35 bits per heavy atom. The molecule has 1 fully saturated rings. The van der Waals surface area contributed by atoms with Crippen LogP contribution in [0, 0.1) is 6.92 Å². The van der Waals surface area contributed by atoms with E-state index in [1.165, 1.54) is 23.3 Å². The molecule has 1 N–H and O–H groups in total. The van der Waals surface area contributed by atoms with Gasteiger partial charge in [-0.1, -0.05) is 24.1 Å². The van der Waals surface area contributed by atoms with E-state index in [-0.39, 0.29) is 12.5 Å². The smallest absolute Gasteiger partial charge is 0.304 e. The molecule has 1 heterocycles. The van der Waals surface area contributed by atoms with E-state index >= 15 is 0 Å². The summed E-state index contributed by atoms with van der Waals surface area (Å²) in [4.78, 5) is 14.6. The number of hydrogen-bond acceptors (Lipinski definition) is 3. The topological polar surface area (TPSA) is 40.5 Å². The molecule has 20 heavy (non-hydrogen) atoms. The standard InChI is InChI=1S/C16H23NO2S/c1-13-5-7-15(8-6-13)20-11-10-17-9-3-2-4-14(17)12-16(18)19/h5-8,14H,2-4,9-12H2,1H3,(H,18,19). The number of nitrogens with zero attached hydrogens (tertiary/aromatic N) is 1. The lowest BCUT2D eigenvalue weighted by atomic mass is 9.99. The summed E-state index contributed by atoms with van der Waals surface area (Å²) < 4.78 is 0. The molecular weight excluding hydrogens is 270 g/mol. The van der Waals surface area contributed by atoms with Crippen molar-refractivity contribution in [1.82, 2.24) is 4.90 Å². The first kappa shape index (κ1) is 15.4. The fourth-order valence-electron chi connectivity index (χ4n) is 2.70. The first-order chi connectivity index (χ1) is 9.65. The van der Waals surface area contributed by atoms with E-state index in [0.29, 0.717) is 0 Å². The maximum atomic E-state index is 10.9. The Balaban J connectivity index is 1.79. The number of carboxylic acids is 1. The van der Waals surface area contributed by atoms with Gasteiger partial charge in [-0.05, 0) is 38.4 Å². The summed E-state index contributed by atoms with van der Waals surface area (Å²) in [5.74, 6) is 0.354. The van der Waals surface area contributed by atoms with Crippen LogP contribution < -0.4 is 0 Å². The first-order valence-corrected chi connectivity index (χ1v) is 8.29. The summed E-state index contributed by atoms with van der Waals surface area (Å²) in [6, 6.07) is 8.82. The van der Waals surface area contributed by atoms with E-state index in [9.17, 15) is 4.79 Å². The molecule has 2 rings (SSSR count). The number of likely N-dealkylation sites (tertiary alicyclic amines) is 1. The summed E-state index contributed by atoms with van der Waals surface area (Å²) in [5.41, 5.74) is 1.28. The quantitative estimate of drug-likeness (QED) is 0.816. The van der Waals surface area contributed by atoms with Gasteiger partial charge in [0.1, 0.15) is 0 Å².